The van der Waals surface area contributed by atoms with Crippen LogP contribution in [0.2, 0.25) is 0 Å². The SMILES string of the molecule is Cc1ccc(S(=O)(=O)NC2CC2N)c(C)c1. The minimum atomic E-state index is -3.41. The molecule has 1 aromatic rings. The molecule has 4 nitrogen and oxygen atoms in total. The van der Waals surface area contributed by atoms with E-state index in [0.717, 1.165) is 17.5 Å². The van der Waals surface area contributed by atoms with Crippen LogP contribution in [-0.4, -0.2) is 20.5 Å². The Morgan fingerprint density at radius 1 is 1.38 bits per heavy atom. The lowest BCUT2D eigenvalue weighted by Gasteiger charge is -2.09. The van der Waals surface area contributed by atoms with Gasteiger partial charge in [0.15, 0.2) is 0 Å². The Morgan fingerprint density at radius 2 is 2.00 bits per heavy atom. The minimum Gasteiger partial charge on any atom is -0.326 e. The Kier molecular flexibility index (Phi) is 2.77. The fourth-order valence-electron chi connectivity index (χ4n) is 1.71. The van der Waals surface area contributed by atoms with Crippen LogP contribution in [0.15, 0.2) is 23.1 Å². The van der Waals surface area contributed by atoms with Gasteiger partial charge in [0.1, 0.15) is 0 Å². The normalized spacial score (nSPS) is 24.4. The molecule has 88 valence electrons. The molecule has 0 aromatic heterocycles. The summed E-state index contributed by atoms with van der Waals surface area (Å²) in [5.41, 5.74) is 7.41. The molecule has 0 aliphatic heterocycles. The molecule has 0 bridgehead atoms. The highest BCUT2D eigenvalue weighted by atomic mass is 32.2. The van der Waals surface area contributed by atoms with Crippen LogP contribution in [0, 0.1) is 13.8 Å². The predicted octanol–water partition coefficient (Wildman–Crippen LogP) is 0.681. The Bertz CT molecular complexity index is 511. The molecule has 2 atom stereocenters. The van der Waals surface area contributed by atoms with Crippen LogP contribution in [0.4, 0.5) is 0 Å². The largest absolute Gasteiger partial charge is 0.326 e. The fraction of sp³-hybridized carbons (Fsp3) is 0.455. The molecule has 2 rings (SSSR count). The average Bonchev–Trinajstić information content (AvgIpc) is 2.79. The van der Waals surface area contributed by atoms with Crippen molar-refractivity contribution in [2.45, 2.75) is 37.2 Å². The van der Waals surface area contributed by atoms with E-state index < -0.39 is 10.0 Å². The standard InChI is InChI=1S/C11H16N2O2S/c1-7-3-4-11(8(2)5-7)16(14,15)13-10-6-9(10)12/h3-5,9-10,13H,6,12H2,1-2H3. The fourth-order valence-corrected chi connectivity index (χ4v) is 3.24. The molecule has 0 amide bonds. The molecule has 2 unspecified atom stereocenters. The first-order valence-corrected chi connectivity index (χ1v) is 6.73. The molecular formula is C11H16N2O2S. The highest BCUT2D eigenvalue weighted by Crippen LogP contribution is 2.23. The first-order valence-electron chi connectivity index (χ1n) is 5.25. The van der Waals surface area contributed by atoms with E-state index >= 15 is 0 Å². The molecule has 16 heavy (non-hydrogen) atoms. The van der Waals surface area contributed by atoms with Crippen LogP contribution in [0.25, 0.3) is 0 Å². The highest BCUT2D eigenvalue weighted by Gasteiger charge is 2.37. The smallest absolute Gasteiger partial charge is 0.241 e. The van der Waals surface area contributed by atoms with Crippen molar-refractivity contribution in [3.05, 3.63) is 29.3 Å². The van der Waals surface area contributed by atoms with Crippen molar-refractivity contribution in [1.29, 1.82) is 0 Å². The Morgan fingerprint density at radius 3 is 2.50 bits per heavy atom. The molecule has 1 aliphatic carbocycles. The van der Waals surface area contributed by atoms with Crippen LogP contribution >= 0.6 is 0 Å². The molecule has 1 aromatic carbocycles. The van der Waals surface area contributed by atoms with Crippen LogP contribution in [0.1, 0.15) is 17.5 Å². The van der Waals surface area contributed by atoms with E-state index in [1.54, 1.807) is 19.1 Å². The van der Waals surface area contributed by atoms with Gasteiger partial charge in [0.25, 0.3) is 0 Å². The van der Waals surface area contributed by atoms with Gasteiger partial charge in [-0.2, -0.15) is 0 Å². The summed E-state index contributed by atoms with van der Waals surface area (Å²) in [6.07, 6.45) is 0.726. The molecular weight excluding hydrogens is 224 g/mol. The number of nitrogens with two attached hydrogens (primary N) is 1. The van der Waals surface area contributed by atoms with Gasteiger partial charge < -0.3 is 5.73 Å². The second kappa shape index (κ2) is 3.84. The maximum absolute atomic E-state index is 12.0. The zero-order valence-electron chi connectivity index (χ0n) is 9.40. The molecule has 1 fully saturated rings. The molecule has 0 heterocycles. The number of sulfonamides is 1. The summed E-state index contributed by atoms with van der Waals surface area (Å²) in [5.74, 6) is 0. The van der Waals surface area contributed by atoms with Gasteiger partial charge in [0.05, 0.1) is 4.90 Å². The maximum atomic E-state index is 12.0. The van der Waals surface area contributed by atoms with Gasteiger partial charge in [-0.25, -0.2) is 13.1 Å². The number of hydrogen-bond donors (Lipinski definition) is 2. The van der Waals surface area contributed by atoms with Crippen LogP contribution in [-0.2, 0) is 10.0 Å². The lowest BCUT2D eigenvalue weighted by atomic mass is 10.2. The summed E-state index contributed by atoms with van der Waals surface area (Å²) in [4.78, 5) is 0.345. The third-order valence-electron chi connectivity index (χ3n) is 2.77. The lowest BCUT2D eigenvalue weighted by molar-refractivity contribution is 0.579. The molecule has 3 N–H and O–H groups in total. The summed E-state index contributed by atoms with van der Waals surface area (Å²) in [5, 5.41) is 0. The van der Waals surface area contributed by atoms with Crippen molar-refractivity contribution in [3.63, 3.8) is 0 Å². The van der Waals surface area contributed by atoms with E-state index in [4.69, 9.17) is 5.73 Å². The number of rotatable bonds is 3. The zero-order valence-corrected chi connectivity index (χ0v) is 10.2. The average molecular weight is 240 g/mol. The first-order chi connectivity index (χ1) is 7.40. The van der Waals surface area contributed by atoms with Gasteiger partial charge in [0, 0.05) is 12.1 Å². The van der Waals surface area contributed by atoms with Crippen LogP contribution in [0.5, 0.6) is 0 Å². The van der Waals surface area contributed by atoms with Gasteiger partial charge in [-0.1, -0.05) is 17.7 Å². The zero-order chi connectivity index (χ0) is 11.9. The van der Waals surface area contributed by atoms with E-state index in [0.29, 0.717) is 4.90 Å². The van der Waals surface area contributed by atoms with Crippen LogP contribution in [0.3, 0.4) is 0 Å². The number of nitrogens with one attached hydrogen (secondary N) is 1. The van der Waals surface area contributed by atoms with E-state index in [1.165, 1.54) is 0 Å². The van der Waals surface area contributed by atoms with Crippen LogP contribution < -0.4 is 10.5 Å². The third kappa shape index (κ3) is 2.26. The van der Waals surface area contributed by atoms with Gasteiger partial charge in [-0.05, 0) is 31.9 Å². The van der Waals surface area contributed by atoms with Crippen molar-refractivity contribution in [2.75, 3.05) is 0 Å². The predicted molar refractivity (Wildman–Crippen MR) is 62.6 cm³/mol. The Hall–Kier alpha value is -0.910. The highest BCUT2D eigenvalue weighted by molar-refractivity contribution is 7.89. The van der Waals surface area contributed by atoms with Crippen molar-refractivity contribution in [2.24, 2.45) is 5.73 Å². The van der Waals surface area contributed by atoms with Gasteiger partial charge in [-0.15, -0.1) is 0 Å². The van der Waals surface area contributed by atoms with Crippen molar-refractivity contribution in [1.82, 2.24) is 4.72 Å². The maximum Gasteiger partial charge on any atom is 0.241 e. The van der Waals surface area contributed by atoms with E-state index in [9.17, 15) is 8.42 Å². The van der Waals surface area contributed by atoms with Crippen molar-refractivity contribution in [3.8, 4) is 0 Å². The summed E-state index contributed by atoms with van der Waals surface area (Å²) in [6, 6.07) is 5.18. The third-order valence-corrected chi connectivity index (χ3v) is 4.42. The van der Waals surface area contributed by atoms with E-state index in [2.05, 4.69) is 4.72 Å². The quantitative estimate of drug-likeness (QED) is 0.816. The van der Waals surface area contributed by atoms with Gasteiger partial charge in [0.2, 0.25) is 10.0 Å². The number of hydrogen-bond acceptors (Lipinski definition) is 3. The summed E-state index contributed by atoms with van der Waals surface area (Å²) < 4.78 is 26.6. The Balaban J connectivity index is 2.28. The molecule has 0 radical (unpaired) electrons. The summed E-state index contributed by atoms with van der Waals surface area (Å²) >= 11 is 0. The van der Waals surface area contributed by atoms with E-state index in [-0.39, 0.29) is 12.1 Å². The molecule has 0 spiro atoms. The second-order valence-electron chi connectivity index (χ2n) is 4.40. The summed E-state index contributed by atoms with van der Waals surface area (Å²) in [6.45, 7) is 3.74. The van der Waals surface area contributed by atoms with Gasteiger partial charge in [-0.3, -0.25) is 0 Å². The first kappa shape index (κ1) is 11.6. The van der Waals surface area contributed by atoms with Crippen molar-refractivity contribution >= 4 is 10.0 Å². The minimum absolute atomic E-state index is 0.0273. The molecule has 5 heteroatoms. The van der Waals surface area contributed by atoms with E-state index in [1.807, 2.05) is 13.0 Å². The molecule has 1 aliphatic rings. The second-order valence-corrected chi connectivity index (χ2v) is 6.08. The number of benzene rings is 1. The van der Waals surface area contributed by atoms with Gasteiger partial charge >= 0.3 is 0 Å². The Labute approximate surface area is 95.9 Å². The molecule has 1 saturated carbocycles. The van der Waals surface area contributed by atoms with Crippen molar-refractivity contribution < 1.29 is 8.42 Å². The summed E-state index contributed by atoms with van der Waals surface area (Å²) in [7, 11) is -3.41. The topological polar surface area (TPSA) is 72.2 Å². The lowest BCUT2D eigenvalue weighted by Crippen LogP contribution is -2.30. The monoisotopic (exact) mass is 240 g/mol. The molecule has 0 saturated heterocycles. The number of aryl methyl sites for hydroxylation is 2.